The van der Waals surface area contributed by atoms with E-state index in [2.05, 4.69) is 31.0 Å². The van der Waals surface area contributed by atoms with Crippen LogP contribution in [-0.4, -0.2) is 38.0 Å². The highest BCUT2D eigenvalue weighted by Crippen LogP contribution is 2.43. The number of carbonyl (C=O) groups is 1. The predicted molar refractivity (Wildman–Crippen MR) is 136 cm³/mol. The van der Waals surface area contributed by atoms with Crippen molar-refractivity contribution < 1.29 is 9.53 Å². The number of thiophene rings is 1. The minimum absolute atomic E-state index is 0.0185. The number of esters is 1. The van der Waals surface area contributed by atoms with Gasteiger partial charge in [0.25, 0.3) is 5.56 Å². The number of hydrogen-bond donors (Lipinski definition) is 0. The van der Waals surface area contributed by atoms with Crippen LogP contribution in [0.1, 0.15) is 43.2 Å². The molecule has 3 aromatic heterocycles. The topological polar surface area (TPSA) is 78.5 Å². The molecule has 1 aliphatic rings. The van der Waals surface area contributed by atoms with Crippen molar-refractivity contribution in [1.82, 2.24) is 19.2 Å². The molecule has 1 aliphatic carbocycles. The molecule has 34 heavy (non-hydrogen) atoms. The Morgan fingerprint density at radius 2 is 2.00 bits per heavy atom. The summed E-state index contributed by atoms with van der Waals surface area (Å²) in [7, 11) is 1.37. The molecule has 0 spiro atoms. The number of thioether (sulfide) groups is 1. The second-order valence-corrected chi connectivity index (χ2v) is 11.9. The molecule has 0 saturated carbocycles. The molecule has 4 aromatic rings. The lowest BCUT2D eigenvalue weighted by Crippen LogP contribution is -2.27. The van der Waals surface area contributed by atoms with Crippen LogP contribution in [-0.2, 0) is 28.9 Å². The van der Waals surface area contributed by atoms with E-state index in [1.807, 2.05) is 34.7 Å². The van der Waals surface area contributed by atoms with E-state index in [0.29, 0.717) is 23.4 Å². The van der Waals surface area contributed by atoms with Crippen molar-refractivity contribution in [3.05, 3.63) is 56.7 Å². The molecular formula is C25H28N4O3S2. The Balaban J connectivity index is 1.72. The summed E-state index contributed by atoms with van der Waals surface area (Å²) < 4.78 is 8.49. The van der Waals surface area contributed by atoms with Gasteiger partial charge in [-0.15, -0.1) is 21.5 Å². The number of aryl methyl sites for hydroxylation is 1. The Bertz CT molecular complexity index is 1430. The second-order valence-electron chi connectivity index (χ2n) is 9.85. The highest BCUT2D eigenvalue weighted by atomic mass is 32.2. The van der Waals surface area contributed by atoms with Crippen LogP contribution < -0.4 is 5.56 Å². The van der Waals surface area contributed by atoms with Gasteiger partial charge in [-0.1, -0.05) is 62.9 Å². The van der Waals surface area contributed by atoms with Gasteiger partial charge in [0, 0.05) is 4.88 Å². The van der Waals surface area contributed by atoms with Gasteiger partial charge in [0.05, 0.1) is 24.8 Å². The molecule has 9 heteroatoms. The summed E-state index contributed by atoms with van der Waals surface area (Å²) >= 11 is 2.96. The van der Waals surface area contributed by atoms with Crippen LogP contribution in [0, 0.1) is 11.3 Å². The summed E-state index contributed by atoms with van der Waals surface area (Å²) in [5, 5.41) is 10.1. The van der Waals surface area contributed by atoms with Crippen molar-refractivity contribution in [3.63, 3.8) is 0 Å². The van der Waals surface area contributed by atoms with E-state index in [-0.39, 0.29) is 22.7 Å². The van der Waals surface area contributed by atoms with Crippen LogP contribution in [0.25, 0.3) is 16.0 Å². The van der Waals surface area contributed by atoms with E-state index in [1.54, 1.807) is 15.9 Å². The maximum absolute atomic E-state index is 13.9. The number of carbonyl (C=O) groups excluding carboxylic acids is 1. The molecule has 0 bridgehead atoms. The number of fused-ring (bicyclic) bond motifs is 5. The van der Waals surface area contributed by atoms with E-state index in [1.165, 1.54) is 29.3 Å². The Kier molecular flexibility index (Phi) is 6.02. The maximum Gasteiger partial charge on any atom is 0.316 e. The minimum Gasteiger partial charge on any atom is -0.468 e. The zero-order valence-corrected chi connectivity index (χ0v) is 21.5. The lowest BCUT2D eigenvalue weighted by Gasteiger charge is -2.33. The number of hydrogen-bond acceptors (Lipinski definition) is 7. The number of aromatic nitrogens is 4. The highest BCUT2D eigenvalue weighted by Gasteiger charge is 2.33. The van der Waals surface area contributed by atoms with E-state index in [0.717, 1.165) is 35.0 Å². The summed E-state index contributed by atoms with van der Waals surface area (Å²) in [6.45, 7) is 7.29. The number of nitrogens with zero attached hydrogens (tertiary/aromatic N) is 4. The molecule has 0 N–H and O–H groups in total. The van der Waals surface area contributed by atoms with E-state index >= 15 is 0 Å². The molecule has 0 saturated heterocycles. The normalized spacial score (nSPS) is 16.2. The Morgan fingerprint density at radius 3 is 2.71 bits per heavy atom. The molecule has 0 fully saturated rings. The monoisotopic (exact) mass is 496 g/mol. The van der Waals surface area contributed by atoms with E-state index < -0.39 is 0 Å². The van der Waals surface area contributed by atoms with Gasteiger partial charge in [-0.25, -0.2) is 4.40 Å². The number of benzene rings is 1. The summed E-state index contributed by atoms with van der Waals surface area (Å²) in [5.41, 5.74) is 2.39. The predicted octanol–water partition coefficient (Wildman–Crippen LogP) is 4.57. The van der Waals surface area contributed by atoms with Crippen molar-refractivity contribution in [2.45, 2.75) is 51.7 Å². The van der Waals surface area contributed by atoms with Crippen LogP contribution in [0.2, 0.25) is 0 Å². The van der Waals surface area contributed by atoms with Crippen LogP contribution in [0.3, 0.4) is 0 Å². The fourth-order valence-electron chi connectivity index (χ4n) is 4.71. The molecule has 1 atom stereocenters. The summed E-state index contributed by atoms with van der Waals surface area (Å²) in [6.07, 6.45) is 2.95. The lowest BCUT2D eigenvalue weighted by molar-refractivity contribution is -0.137. The molecule has 178 valence electrons. The van der Waals surface area contributed by atoms with Gasteiger partial charge in [0.2, 0.25) is 5.78 Å². The molecule has 0 radical (unpaired) electrons. The largest absolute Gasteiger partial charge is 0.468 e. The molecule has 0 aliphatic heterocycles. The first kappa shape index (κ1) is 23.1. The van der Waals surface area contributed by atoms with E-state index in [4.69, 9.17) is 4.74 Å². The Labute approximate surface area is 206 Å². The first-order valence-corrected chi connectivity index (χ1v) is 13.2. The molecule has 1 aromatic carbocycles. The van der Waals surface area contributed by atoms with Crippen molar-refractivity contribution in [2.24, 2.45) is 11.3 Å². The second kappa shape index (κ2) is 8.85. The standard InChI is InChI=1S/C25H28N4O3S2/c1-25(2,3)16-10-11-17-18(12-16)34-22-20(17)21(31)28(13-15-8-6-5-7-9-15)23-26-27-24(29(22)23)33-14-19(30)32-4/h5-9,16H,10-14H2,1-4H3/t16-/m1/s1. The van der Waals surface area contributed by atoms with Gasteiger partial charge in [0.15, 0.2) is 5.16 Å². The van der Waals surface area contributed by atoms with Crippen LogP contribution >= 0.6 is 23.1 Å². The fraction of sp³-hybridized carbons (Fsp3) is 0.440. The quantitative estimate of drug-likeness (QED) is 0.298. The van der Waals surface area contributed by atoms with Gasteiger partial charge in [-0.05, 0) is 41.7 Å². The molecule has 0 amide bonds. The fourth-order valence-corrected chi connectivity index (χ4v) is 6.95. The molecule has 3 heterocycles. The smallest absolute Gasteiger partial charge is 0.316 e. The third-order valence-corrected chi connectivity index (χ3v) is 8.86. The number of rotatable bonds is 5. The van der Waals surface area contributed by atoms with Gasteiger partial charge >= 0.3 is 5.97 Å². The zero-order chi connectivity index (χ0) is 24.0. The average molecular weight is 497 g/mol. The Morgan fingerprint density at radius 1 is 1.24 bits per heavy atom. The molecule has 0 unspecified atom stereocenters. The SMILES string of the molecule is COC(=O)CSc1nnc2n(Cc3ccccc3)c(=O)c3c4c(sc3n12)C[C@H](C(C)(C)C)CC4. The maximum atomic E-state index is 13.9. The lowest BCUT2D eigenvalue weighted by atomic mass is 9.72. The Hall–Kier alpha value is -2.65. The third kappa shape index (κ3) is 4.05. The first-order valence-electron chi connectivity index (χ1n) is 11.4. The van der Waals surface area contributed by atoms with Crippen molar-refractivity contribution in [3.8, 4) is 0 Å². The van der Waals surface area contributed by atoms with E-state index in [9.17, 15) is 9.59 Å². The van der Waals surface area contributed by atoms with Crippen molar-refractivity contribution in [2.75, 3.05) is 12.9 Å². The summed E-state index contributed by atoms with van der Waals surface area (Å²) in [4.78, 5) is 27.9. The molecule has 5 rings (SSSR count). The van der Waals surface area contributed by atoms with Crippen molar-refractivity contribution >= 4 is 45.1 Å². The first-order chi connectivity index (χ1) is 16.3. The van der Waals surface area contributed by atoms with Gasteiger partial charge in [0.1, 0.15) is 4.83 Å². The summed E-state index contributed by atoms with van der Waals surface area (Å²) in [6, 6.07) is 9.92. The van der Waals surface area contributed by atoms with Crippen LogP contribution in [0.15, 0.2) is 40.3 Å². The highest BCUT2D eigenvalue weighted by molar-refractivity contribution is 7.99. The van der Waals surface area contributed by atoms with Crippen LogP contribution in [0.4, 0.5) is 0 Å². The zero-order valence-electron chi connectivity index (χ0n) is 19.8. The van der Waals surface area contributed by atoms with Crippen LogP contribution in [0.5, 0.6) is 0 Å². The molecule has 7 nitrogen and oxygen atoms in total. The summed E-state index contributed by atoms with van der Waals surface area (Å²) in [5.74, 6) is 0.881. The van der Waals surface area contributed by atoms with Gasteiger partial charge in [-0.3, -0.25) is 14.2 Å². The van der Waals surface area contributed by atoms with Gasteiger partial charge in [-0.2, -0.15) is 0 Å². The minimum atomic E-state index is -0.325. The average Bonchev–Trinajstić information content (AvgIpc) is 3.41. The third-order valence-electron chi connectivity index (χ3n) is 6.72. The number of methoxy groups -OCH3 is 1. The van der Waals surface area contributed by atoms with Gasteiger partial charge < -0.3 is 4.74 Å². The van der Waals surface area contributed by atoms with Crippen molar-refractivity contribution in [1.29, 1.82) is 0 Å². The number of ether oxygens (including phenoxy) is 1. The molecular weight excluding hydrogens is 468 g/mol.